The van der Waals surface area contributed by atoms with Crippen LogP contribution in [0.5, 0.6) is 0 Å². The highest BCUT2D eigenvalue weighted by molar-refractivity contribution is 5.40. The second-order valence-corrected chi connectivity index (χ2v) is 7.35. The van der Waals surface area contributed by atoms with Gasteiger partial charge in [-0.05, 0) is 43.6 Å². The number of pyridine rings is 1. The van der Waals surface area contributed by atoms with E-state index in [1.807, 2.05) is 0 Å². The van der Waals surface area contributed by atoms with Crippen molar-refractivity contribution in [2.24, 2.45) is 0 Å². The summed E-state index contributed by atoms with van der Waals surface area (Å²) in [4.78, 5) is 12.2. The Bertz CT molecular complexity index is 662. The maximum atomic E-state index is 4.79. The van der Waals surface area contributed by atoms with Crippen LogP contribution in [0.25, 0.3) is 0 Å². The van der Waals surface area contributed by atoms with Crippen molar-refractivity contribution >= 4 is 5.82 Å². The van der Waals surface area contributed by atoms with Crippen LogP contribution in [0.4, 0.5) is 5.82 Å². The Labute approximate surface area is 151 Å². The number of hydrogen-bond acceptors (Lipinski definition) is 4. The molecule has 1 aromatic heterocycles. The van der Waals surface area contributed by atoms with Gasteiger partial charge >= 0.3 is 0 Å². The van der Waals surface area contributed by atoms with E-state index < -0.39 is 0 Å². The molecule has 4 rings (SSSR count). The van der Waals surface area contributed by atoms with Gasteiger partial charge in [0.15, 0.2) is 0 Å². The molecule has 0 saturated carbocycles. The smallest absolute Gasteiger partial charge is 0.128 e. The van der Waals surface area contributed by atoms with Crippen LogP contribution < -0.4 is 4.90 Å². The third-order valence-corrected chi connectivity index (χ3v) is 5.57. The molecule has 1 aromatic carbocycles. The normalized spacial score (nSPS) is 22.4. The van der Waals surface area contributed by atoms with E-state index in [-0.39, 0.29) is 0 Å². The quantitative estimate of drug-likeness (QED) is 0.855. The monoisotopic (exact) mass is 336 g/mol. The first-order chi connectivity index (χ1) is 12.3. The second kappa shape index (κ2) is 7.54. The maximum Gasteiger partial charge on any atom is 0.128 e. The van der Waals surface area contributed by atoms with Crippen molar-refractivity contribution in [2.45, 2.75) is 25.4 Å². The van der Waals surface area contributed by atoms with Gasteiger partial charge in [0.05, 0.1) is 0 Å². The van der Waals surface area contributed by atoms with E-state index in [1.54, 1.807) is 0 Å². The molecule has 0 unspecified atom stereocenters. The maximum absolute atomic E-state index is 4.79. The van der Waals surface area contributed by atoms with Gasteiger partial charge in [0, 0.05) is 45.0 Å². The lowest BCUT2D eigenvalue weighted by Gasteiger charge is -2.33. The number of nitrogens with zero attached hydrogens (tertiary/aromatic N) is 4. The van der Waals surface area contributed by atoms with E-state index in [9.17, 15) is 0 Å². The van der Waals surface area contributed by atoms with Gasteiger partial charge in [-0.25, -0.2) is 4.98 Å². The van der Waals surface area contributed by atoms with Gasteiger partial charge in [0.25, 0.3) is 0 Å². The molecule has 132 valence electrons. The largest absolute Gasteiger partial charge is 0.354 e. The molecule has 2 fully saturated rings. The zero-order chi connectivity index (χ0) is 17.1. The van der Waals surface area contributed by atoms with Gasteiger partial charge in [-0.2, -0.15) is 0 Å². The molecule has 0 bridgehead atoms. The Morgan fingerprint density at radius 2 is 1.76 bits per heavy atom. The molecule has 0 radical (unpaired) electrons. The topological polar surface area (TPSA) is 22.6 Å². The van der Waals surface area contributed by atoms with E-state index in [1.165, 1.54) is 30.5 Å². The summed E-state index contributed by atoms with van der Waals surface area (Å²) in [6, 6.07) is 15.8. The highest BCUT2D eigenvalue weighted by Gasteiger charge is 2.26. The fraction of sp³-hybridized carbons (Fsp3) is 0.476. The van der Waals surface area contributed by atoms with Crippen molar-refractivity contribution in [3.63, 3.8) is 0 Å². The third kappa shape index (κ3) is 3.86. The Balaban J connectivity index is 1.44. The Hall–Kier alpha value is -1.91. The number of anilines is 1. The molecule has 25 heavy (non-hydrogen) atoms. The molecule has 3 heterocycles. The van der Waals surface area contributed by atoms with E-state index in [4.69, 9.17) is 4.98 Å². The lowest BCUT2D eigenvalue weighted by Crippen LogP contribution is -2.44. The number of benzene rings is 1. The van der Waals surface area contributed by atoms with Gasteiger partial charge in [-0.15, -0.1) is 0 Å². The molecular weight excluding hydrogens is 308 g/mol. The van der Waals surface area contributed by atoms with Crippen LogP contribution >= 0.6 is 0 Å². The third-order valence-electron chi connectivity index (χ3n) is 5.57. The summed E-state index contributed by atoms with van der Waals surface area (Å²) in [5, 5.41) is 0. The number of likely N-dealkylation sites (tertiary alicyclic amines) is 1. The molecule has 4 heteroatoms. The number of hydrogen-bond donors (Lipinski definition) is 0. The molecule has 2 aliphatic heterocycles. The number of likely N-dealkylation sites (N-methyl/N-ethyl adjacent to an activating group) is 1. The molecule has 0 spiro atoms. The zero-order valence-corrected chi connectivity index (χ0v) is 15.1. The highest BCUT2D eigenvalue weighted by atomic mass is 15.3. The Morgan fingerprint density at radius 3 is 2.48 bits per heavy atom. The fourth-order valence-electron chi connectivity index (χ4n) is 4.03. The summed E-state index contributed by atoms with van der Waals surface area (Å²) in [6.07, 6.45) is 4.63. The Kier molecular flexibility index (Phi) is 4.99. The minimum absolute atomic E-state index is 0.509. The number of rotatable bonds is 4. The van der Waals surface area contributed by atoms with E-state index in [0.717, 1.165) is 38.5 Å². The lowest BCUT2D eigenvalue weighted by molar-refractivity contribution is 0.248. The van der Waals surface area contributed by atoms with Crippen LogP contribution in [0.3, 0.4) is 0 Å². The first-order valence-electron chi connectivity index (χ1n) is 9.47. The first-order valence-corrected chi connectivity index (χ1v) is 9.47. The van der Waals surface area contributed by atoms with E-state index >= 15 is 0 Å². The molecule has 0 aliphatic carbocycles. The van der Waals surface area contributed by atoms with Crippen LogP contribution in [-0.4, -0.2) is 54.6 Å². The van der Waals surface area contributed by atoms with Crippen LogP contribution in [0.15, 0.2) is 48.7 Å². The zero-order valence-electron chi connectivity index (χ0n) is 15.1. The predicted octanol–water partition coefficient (Wildman–Crippen LogP) is 3.17. The summed E-state index contributed by atoms with van der Waals surface area (Å²) in [6.45, 7) is 6.61. The van der Waals surface area contributed by atoms with Crippen molar-refractivity contribution < 1.29 is 0 Å². The summed E-state index contributed by atoms with van der Waals surface area (Å²) in [5.74, 6) is 1.13. The average molecular weight is 336 g/mol. The van der Waals surface area contributed by atoms with Gasteiger partial charge in [0.2, 0.25) is 0 Å². The van der Waals surface area contributed by atoms with Gasteiger partial charge in [-0.3, -0.25) is 4.90 Å². The van der Waals surface area contributed by atoms with Crippen LogP contribution in [-0.2, 0) is 6.54 Å². The molecule has 1 atom stereocenters. The first kappa shape index (κ1) is 16.6. The molecule has 0 N–H and O–H groups in total. The van der Waals surface area contributed by atoms with Crippen molar-refractivity contribution in [3.05, 3.63) is 59.8 Å². The van der Waals surface area contributed by atoms with E-state index in [0.29, 0.717) is 6.04 Å². The lowest BCUT2D eigenvalue weighted by atomic mass is 10.1. The predicted molar refractivity (Wildman–Crippen MR) is 103 cm³/mol. The van der Waals surface area contributed by atoms with Gasteiger partial charge < -0.3 is 9.80 Å². The highest BCUT2D eigenvalue weighted by Crippen LogP contribution is 2.33. The van der Waals surface area contributed by atoms with Crippen LogP contribution in [0, 0.1) is 0 Å². The number of aromatic nitrogens is 1. The van der Waals surface area contributed by atoms with Crippen molar-refractivity contribution in [1.29, 1.82) is 0 Å². The van der Waals surface area contributed by atoms with Crippen molar-refractivity contribution in [1.82, 2.24) is 14.8 Å². The SMILES string of the molecule is CN1CCN(c2ccc([C@H]3CCCN3Cc3ccccc3)cn2)CC1. The standard InChI is InChI=1S/C21H28N4/c1-23-12-14-24(15-13-23)21-10-9-19(16-22-21)20-8-5-11-25(20)17-18-6-3-2-4-7-18/h2-4,6-7,9-10,16,20H,5,8,11-15,17H2,1H3/t20-/m1/s1. The van der Waals surface area contributed by atoms with E-state index in [2.05, 4.69) is 70.4 Å². The van der Waals surface area contributed by atoms with Crippen molar-refractivity contribution in [3.8, 4) is 0 Å². The fourth-order valence-corrected chi connectivity index (χ4v) is 4.03. The Morgan fingerprint density at radius 1 is 0.960 bits per heavy atom. The van der Waals surface area contributed by atoms with Crippen molar-refractivity contribution in [2.75, 3.05) is 44.7 Å². The molecular formula is C21H28N4. The second-order valence-electron chi connectivity index (χ2n) is 7.35. The van der Waals surface area contributed by atoms with Crippen LogP contribution in [0.2, 0.25) is 0 Å². The minimum Gasteiger partial charge on any atom is -0.354 e. The van der Waals surface area contributed by atoms with Crippen LogP contribution in [0.1, 0.15) is 30.0 Å². The minimum atomic E-state index is 0.509. The summed E-state index contributed by atoms with van der Waals surface area (Å²) < 4.78 is 0. The molecule has 0 amide bonds. The van der Waals surface area contributed by atoms with Gasteiger partial charge in [-0.1, -0.05) is 36.4 Å². The van der Waals surface area contributed by atoms with Gasteiger partial charge in [0.1, 0.15) is 5.82 Å². The molecule has 2 aromatic rings. The summed E-state index contributed by atoms with van der Waals surface area (Å²) in [5.41, 5.74) is 2.77. The summed E-state index contributed by atoms with van der Waals surface area (Å²) in [7, 11) is 2.19. The molecule has 4 nitrogen and oxygen atoms in total. The summed E-state index contributed by atoms with van der Waals surface area (Å²) >= 11 is 0. The number of piperazine rings is 1. The average Bonchev–Trinajstić information content (AvgIpc) is 3.11. The molecule has 2 aliphatic rings. The molecule has 2 saturated heterocycles.